The van der Waals surface area contributed by atoms with Gasteiger partial charge in [-0.3, -0.25) is 4.79 Å². The molecule has 2 aliphatic heterocycles. The fourth-order valence-corrected chi connectivity index (χ4v) is 4.67. The highest BCUT2D eigenvalue weighted by Crippen LogP contribution is 2.37. The molecule has 2 aromatic rings. The first-order valence-electron chi connectivity index (χ1n) is 10.1. The fraction of sp³-hybridized carbons (Fsp3) is 0.435. The van der Waals surface area contributed by atoms with Crippen molar-refractivity contribution in [3.63, 3.8) is 0 Å². The maximum Gasteiger partial charge on any atom is 0.304 e. The predicted molar refractivity (Wildman–Crippen MR) is 110 cm³/mol. The first-order chi connectivity index (χ1) is 13.1. The zero-order chi connectivity index (χ0) is 19.0. The number of fused-ring (bicyclic) bond motifs is 2. The van der Waals surface area contributed by atoms with Gasteiger partial charge in [0, 0.05) is 43.5 Å². The van der Waals surface area contributed by atoms with Crippen LogP contribution in [0.3, 0.4) is 0 Å². The zero-order valence-electron chi connectivity index (χ0n) is 16.2. The molecule has 0 atom stereocenters. The number of nitrogens with zero attached hydrogens (tertiary/aromatic N) is 2. The van der Waals surface area contributed by atoms with Crippen LogP contribution >= 0.6 is 0 Å². The molecule has 2 aliphatic rings. The molecule has 0 aromatic heterocycles. The maximum atomic E-state index is 11.6. The number of hydrogen-bond acceptors (Lipinski definition) is 3. The largest absolute Gasteiger partial charge is 0.481 e. The number of aliphatic carboxylic acids is 1. The molecule has 27 heavy (non-hydrogen) atoms. The number of carbonyl (C=O) groups is 1. The Bertz CT molecular complexity index is 798. The smallest absolute Gasteiger partial charge is 0.304 e. The summed E-state index contributed by atoms with van der Waals surface area (Å²) in [5.41, 5.74) is 7.57. The Hall–Kier alpha value is -2.49. The summed E-state index contributed by atoms with van der Waals surface area (Å²) in [6.07, 6.45) is 2.23. The average Bonchev–Trinajstić information content (AvgIpc) is 3.28. The summed E-state index contributed by atoms with van der Waals surface area (Å²) in [7, 11) is 0. The van der Waals surface area contributed by atoms with Crippen LogP contribution in [-0.2, 0) is 17.6 Å². The topological polar surface area (TPSA) is 43.8 Å². The summed E-state index contributed by atoms with van der Waals surface area (Å²) < 4.78 is 0. The van der Waals surface area contributed by atoms with Gasteiger partial charge in [0.05, 0.1) is 6.42 Å². The number of carboxylic acid groups (broad SMARTS) is 1. The molecular formula is C23H28N2O2. The van der Waals surface area contributed by atoms with Crippen molar-refractivity contribution in [2.75, 3.05) is 36.0 Å². The highest BCUT2D eigenvalue weighted by atomic mass is 16.4. The molecule has 0 unspecified atom stereocenters. The standard InChI is InChI=1S/C23H28N2O2/c1-3-24-11-9-18-13-16(5-7-21(18)24)20(15-23(26)27)17-6-8-22-19(14-17)10-12-25(22)4-2/h5-8,13-14,20H,3-4,9-12,15H2,1-2H3,(H,26,27). The molecule has 4 rings (SSSR count). The lowest BCUT2D eigenvalue weighted by Crippen LogP contribution is -2.19. The Balaban J connectivity index is 1.70. The second-order valence-corrected chi connectivity index (χ2v) is 7.59. The molecule has 2 heterocycles. The monoisotopic (exact) mass is 364 g/mol. The van der Waals surface area contributed by atoms with E-state index < -0.39 is 5.97 Å². The molecule has 0 aliphatic carbocycles. The summed E-state index contributed by atoms with van der Waals surface area (Å²) in [5.74, 6) is -0.837. The third-order valence-corrected chi connectivity index (χ3v) is 6.14. The van der Waals surface area contributed by atoms with Crippen LogP contribution in [-0.4, -0.2) is 37.3 Å². The van der Waals surface area contributed by atoms with Gasteiger partial charge in [0.25, 0.3) is 0 Å². The van der Waals surface area contributed by atoms with Gasteiger partial charge in [0.2, 0.25) is 0 Å². The van der Waals surface area contributed by atoms with Crippen molar-refractivity contribution in [2.45, 2.75) is 39.0 Å². The van der Waals surface area contributed by atoms with Gasteiger partial charge in [-0.1, -0.05) is 24.3 Å². The van der Waals surface area contributed by atoms with Gasteiger partial charge < -0.3 is 14.9 Å². The van der Waals surface area contributed by atoms with E-state index in [1.54, 1.807) is 0 Å². The van der Waals surface area contributed by atoms with E-state index in [1.807, 2.05) is 0 Å². The van der Waals surface area contributed by atoms with E-state index >= 15 is 0 Å². The van der Waals surface area contributed by atoms with E-state index in [2.05, 4.69) is 60.0 Å². The highest BCUT2D eigenvalue weighted by molar-refractivity contribution is 5.70. The number of hydrogen-bond donors (Lipinski definition) is 1. The molecule has 0 spiro atoms. The van der Waals surface area contributed by atoms with Gasteiger partial charge in [-0.15, -0.1) is 0 Å². The van der Waals surface area contributed by atoms with Crippen molar-refractivity contribution >= 4 is 17.3 Å². The van der Waals surface area contributed by atoms with E-state index in [1.165, 1.54) is 22.5 Å². The number of likely N-dealkylation sites (N-methyl/N-ethyl adjacent to an activating group) is 2. The van der Waals surface area contributed by atoms with Crippen LogP contribution in [0, 0.1) is 0 Å². The Morgan fingerprint density at radius 1 is 0.926 bits per heavy atom. The summed E-state index contributed by atoms with van der Waals surface area (Å²) in [5, 5.41) is 9.54. The van der Waals surface area contributed by atoms with Crippen molar-refractivity contribution in [3.8, 4) is 0 Å². The zero-order valence-corrected chi connectivity index (χ0v) is 16.2. The summed E-state index contributed by atoms with van der Waals surface area (Å²) in [6, 6.07) is 13.1. The van der Waals surface area contributed by atoms with E-state index in [0.29, 0.717) is 0 Å². The van der Waals surface area contributed by atoms with Crippen LogP contribution < -0.4 is 9.80 Å². The van der Waals surface area contributed by atoms with Gasteiger partial charge in [-0.05, 0) is 61.1 Å². The lowest BCUT2D eigenvalue weighted by Gasteiger charge is -2.21. The normalized spacial score (nSPS) is 15.4. The average molecular weight is 364 g/mol. The van der Waals surface area contributed by atoms with Crippen molar-refractivity contribution in [1.82, 2.24) is 0 Å². The lowest BCUT2D eigenvalue weighted by molar-refractivity contribution is -0.137. The molecule has 0 radical (unpaired) electrons. The lowest BCUT2D eigenvalue weighted by atomic mass is 9.86. The molecule has 4 heteroatoms. The molecule has 0 saturated carbocycles. The van der Waals surface area contributed by atoms with Crippen molar-refractivity contribution < 1.29 is 9.90 Å². The first-order valence-corrected chi connectivity index (χ1v) is 10.1. The van der Waals surface area contributed by atoms with Crippen LogP contribution in [0.5, 0.6) is 0 Å². The fourth-order valence-electron chi connectivity index (χ4n) is 4.67. The van der Waals surface area contributed by atoms with Gasteiger partial charge in [-0.2, -0.15) is 0 Å². The molecule has 2 aromatic carbocycles. The molecule has 4 nitrogen and oxygen atoms in total. The third kappa shape index (κ3) is 3.29. The Morgan fingerprint density at radius 3 is 1.81 bits per heavy atom. The third-order valence-electron chi connectivity index (χ3n) is 6.14. The number of anilines is 2. The molecule has 1 N–H and O–H groups in total. The number of benzene rings is 2. The quantitative estimate of drug-likeness (QED) is 0.840. The van der Waals surface area contributed by atoms with Gasteiger partial charge >= 0.3 is 5.97 Å². The molecule has 0 bridgehead atoms. The Kier molecular flexibility index (Phi) is 4.81. The van der Waals surface area contributed by atoms with Crippen molar-refractivity contribution in [3.05, 3.63) is 58.7 Å². The van der Waals surface area contributed by atoms with Gasteiger partial charge in [-0.25, -0.2) is 0 Å². The number of carboxylic acids is 1. The van der Waals surface area contributed by atoms with Crippen LogP contribution in [0.1, 0.15) is 48.4 Å². The second-order valence-electron chi connectivity index (χ2n) is 7.59. The summed E-state index contributed by atoms with van der Waals surface area (Å²) in [6.45, 7) is 8.52. The first kappa shape index (κ1) is 17.9. The van der Waals surface area contributed by atoms with E-state index in [-0.39, 0.29) is 12.3 Å². The second kappa shape index (κ2) is 7.26. The van der Waals surface area contributed by atoms with Crippen LogP contribution in [0.25, 0.3) is 0 Å². The van der Waals surface area contributed by atoms with E-state index in [4.69, 9.17) is 0 Å². The van der Waals surface area contributed by atoms with Crippen molar-refractivity contribution in [1.29, 1.82) is 0 Å². The van der Waals surface area contributed by atoms with Crippen LogP contribution in [0.15, 0.2) is 36.4 Å². The van der Waals surface area contributed by atoms with Crippen LogP contribution in [0.4, 0.5) is 11.4 Å². The molecule has 0 fully saturated rings. The molecule has 142 valence electrons. The maximum absolute atomic E-state index is 11.6. The Labute approximate surface area is 161 Å². The Morgan fingerprint density at radius 2 is 1.41 bits per heavy atom. The summed E-state index contributed by atoms with van der Waals surface area (Å²) in [4.78, 5) is 16.4. The van der Waals surface area contributed by atoms with E-state index in [9.17, 15) is 9.90 Å². The molecular weight excluding hydrogens is 336 g/mol. The van der Waals surface area contributed by atoms with Gasteiger partial charge in [0.15, 0.2) is 0 Å². The predicted octanol–water partition coefficient (Wildman–Crippen LogP) is 4.06. The summed E-state index contributed by atoms with van der Waals surface area (Å²) >= 11 is 0. The van der Waals surface area contributed by atoms with Gasteiger partial charge in [0.1, 0.15) is 0 Å². The van der Waals surface area contributed by atoms with E-state index in [0.717, 1.165) is 50.1 Å². The minimum atomic E-state index is -0.744. The highest BCUT2D eigenvalue weighted by Gasteiger charge is 2.25. The minimum absolute atomic E-state index is 0.0931. The van der Waals surface area contributed by atoms with Crippen molar-refractivity contribution in [2.24, 2.45) is 0 Å². The minimum Gasteiger partial charge on any atom is -0.481 e. The molecule has 0 amide bonds. The SMILES string of the molecule is CCN1CCc2cc(C(CC(=O)O)c3ccc4c(c3)CCN4CC)ccc21. The molecule has 0 saturated heterocycles. The van der Waals surface area contributed by atoms with Crippen LogP contribution in [0.2, 0.25) is 0 Å². The number of rotatable bonds is 6.